The molecule has 1 rings (SSSR count). The van der Waals surface area contributed by atoms with E-state index in [1.165, 1.54) is 14.0 Å². The van der Waals surface area contributed by atoms with Crippen LogP contribution in [0.25, 0.3) is 0 Å². The monoisotopic (exact) mass is 189 g/mol. The van der Waals surface area contributed by atoms with E-state index in [1.54, 1.807) is 19.1 Å². The highest BCUT2D eigenvalue weighted by molar-refractivity contribution is 5.99. The molecule has 0 spiro atoms. The first-order valence-corrected chi connectivity index (χ1v) is 4.20. The molecule has 1 aromatic carbocycles. The molecular weight excluding hydrogens is 178 g/mol. The molecule has 0 atom stereocenters. The number of hydrogen-bond donors (Lipinski definition) is 0. The fourth-order valence-electron chi connectivity index (χ4n) is 1.35. The first-order chi connectivity index (χ1) is 6.61. The van der Waals surface area contributed by atoms with Gasteiger partial charge in [0.15, 0.2) is 5.78 Å². The lowest BCUT2D eigenvalue weighted by Crippen LogP contribution is -2.02. The van der Waals surface area contributed by atoms with Crippen LogP contribution in [0.1, 0.15) is 28.4 Å². The predicted molar refractivity (Wildman–Crippen MR) is 52.5 cm³/mol. The molecule has 0 bridgehead atoms. The third-order valence-corrected chi connectivity index (χ3v) is 2.06. The average molecular weight is 189 g/mol. The van der Waals surface area contributed by atoms with Crippen LogP contribution in [-0.4, -0.2) is 12.9 Å². The Bertz CT molecular complexity index is 416. The summed E-state index contributed by atoms with van der Waals surface area (Å²) in [5.74, 6) is 0.307. The second-order valence-electron chi connectivity index (χ2n) is 3.00. The number of Topliss-reactive ketones (excluding diaryl/α,β-unsaturated/α-hetero) is 1. The van der Waals surface area contributed by atoms with Gasteiger partial charge in [0.1, 0.15) is 11.8 Å². The smallest absolute Gasteiger partial charge is 0.164 e. The first kappa shape index (κ1) is 10.3. The third kappa shape index (κ3) is 1.60. The van der Waals surface area contributed by atoms with E-state index in [1.807, 2.05) is 6.07 Å². The van der Waals surface area contributed by atoms with E-state index >= 15 is 0 Å². The Morgan fingerprint density at radius 3 is 2.57 bits per heavy atom. The zero-order valence-corrected chi connectivity index (χ0v) is 8.42. The first-order valence-electron chi connectivity index (χ1n) is 4.20. The van der Waals surface area contributed by atoms with Gasteiger partial charge in [0.25, 0.3) is 0 Å². The number of nitriles is 1. The lowest BCUT2D eigenvalue weighted by atomic mass is 9.99. The molecule has 1 aromatic rings. The van der Waals surface area contributed by atoms with Crippen molar-refractivity contribution in [2.75, 3.05) is 7.11 Å². The number of nitrogens with zero attached hydrogens (tertiary/aromatic N) is 1. The second-order valence-corrected chi connectivity index (χ2v) is 3.00. The number of benzene rings is 1. The van der Waals surface area contributed by atoms with Crippen molar-refractivity contribution in [2.24, 2.45) is 0 Å². The largest absolute Gasteiger partial charge is 0.496 e. The molecule has 0 unspecified atom stereocenters. The second kappa shape index (κ2) is 3.93. The summed E-state index contributed by atoms with van der Waals surface area (Å²) < 4.78 is 5.03. The lowest BCUT2D eigenvalue weighted by molar-refractivity contribution is 0.101. The minimum Gasteiger partial charge on any atom is -0.496 e. The summed E-state index contributed by atoms with van der Waals surface area (Å²) in [5.41, 5.74) is 1.56. The van der Waals surface area contributed by atoms with Gasteiger partial charge in [0, 0.05) is 0 Å². The van der Waals surface area contributed by atoms with Crippen molar-refractivity contribution in [3.05, 3.63) is 28.8 Å². The lowest BCUT2D eigenvalue weighted by Gasteiger charge is -2.08. The van der Waals surface area contributed by atoms with Crippen molar-refractivity contribution < 1.29 is 9.53 Å². The minimum absolute atomic E-state index is 0.151. The van der Waals surface area contributed by atoms with E-state index in [0.717, 1.165) is 5.56 Å². The van der Waals surface area contributed by atoms with Gasteiger partial charge in [-0.1, -0.05) is 6.07 Å². The highest BCUT2D eigenvalue weighted by atomic mass is 16.5. The van der Waals surface area contributed by atoms with E-state index in [2.05, 4.69) is 0 Å². The average Bonchev–Trinajstić information content (AvgIpc) is 2.17. The van der Waals surface area contributed by atoms with E-state index < -0.39 is 0 Å². The molecule has 0 aliphatic heterocycles. The molecule has 0 saturated heterocycles. The number of aryl methyl sites for hydroxylation is 1. The van der Waals surface area contributed by atoms with Crippen LogP contribution in [0.5, 0.6) is 5.75 Å². The molecule has 0 fully saturated rings. The molecule has 14 heavy (non-hydrogen) atoms. The standard InChI is InChI=1S/C11H11NO2/c1-7-4-5-10(14-3)11(8(2)13)9(7)6-12/h4-5H,1-3H3. The van der Waals surface area contributed by atoms with Crippen LogP contribution in [-0.2, 0) is 0 Å². The van der Waals surface area contributed by atoms with Gasteiger partial charge in [-0.3, -0.25) is 4.79 Å². The fraction of sp³-hybridized carbons (Fsp3) is 0.273. The van der Waals surface area contributed by atoms with Gasteiger partial charge in [0.2, 0.25) is 0 Å². The Balaban J connectivity index is 3.54. The molecule has 0 saturated carbocycles. The molecule has 3 nitrogen and oxygen atoms in total. The van der Waals surface area contributed by atoms with Crippen LogP contribution in [0, 0.1) is 18.3 Å². The third-order valence-electron chi connectivity index (χ3n) is 2.06. The number of carbonyl (C=O) groups excluding carboxylic acids is 1. The van der Waals surface area contributed by atoms with Gasteiger partial charge in [0.05, 0.1) is 18.2 Å². The molecule has 3 heteroatoms. The number of hydrogen-bond acceptors (Lipinski definition) is 3. The SMILES string of the molecule is COc1ccc(C)c(C#N)c1C(C)=O. The summed E-state index contributed by atoms with van der Waals surface area (Å²) in [5, 5.41) is 8.91. The summed E-state index contributed by atoms with van der Waals surface area (Å²) in [4.78, 5) is 11.3. The number of ketones is 1. The Morgan fingerprint density at radius 2 is 2.14 bits per heavy atom. The van der Waals surface area contributed by atoms with Crippen molar-refractivity contribution >= 4 is 5.78 Å². The Morgan fingerprint density at radius 1 is 1.50 bits per heavy atom. The van der Waals surface area contributed by atoms with E-state index in [9.17, 15) is 4.79 Å². The molecule has 0 amide bonds. The predicted octanol–water partition coefficient (Wildman–Crippen LogP) is 2.08. The summed E-state index contributed by atoms with van der Waals surface area (Å²) >= 11 is 0. The summed E-state index contributed by atoms with van der Waals surface area (Å²) in [6.07, 6.45) is 0. The van der Waals surface area contributed by atoms with Crippen molar-refractivity contribution in [1.82, 2.24) is 0 Å². The molecule has 72 valence electrons. The topological polar surface area (TPSA) is 50.1 Å². The number of ether oxygens (including phenoxy) is 1. The van der Waals surface area contributed by atoms with Gasteiger partial charge >= 0.3 is 0 Å². The van der Waals surface area contributed by atoms with Crippen molar-refractivity contribution in [2.45, 2.75) is 13.8 Å². The summed E-state index contributed by atoms with van der Waals surface area (Å²) in [6, 6.07) is 5.49. The maximum absolute atomic E-state index is 11.3. The molecule has 0 N–H and O–H groups in total. The number of carbonyl (C=O) groups is 1. The zero-order chi connectivity index (χ0) is 10.7. The van der Waals surface area contributed by atoms with Gasteiger partial charge in [-0.2, -0.15) is 5.26 Å². The fourth-order valence-corrected chi connectivity index (χ4v) is 1.35. The highest BCUT2D eigenvalue weighted by Crippen LogP contribution is 2.24. The Hall–Kier alpha value is -1.82. The normalized spacial score (nSPS) is 9.29. The quantitative estimate of drug-likeness (QED) is 0.669. The molecular formula is C11H11NO2. The van der Waals surface area contributed by atoms with Gasteiger partial charge in [-0.05, 0) is 25.5 Å². The van der Waals surface area contributed by atoms with E-state index in [0.29, 0.717) is 16.9 Å². The van der Waals surface area contributed by atoms with Crippen LogP contribution in [0.15, 0.2) is 12.1 Å². The summed E-state index contributed by atoms with van der Waals surface area (Å²) in [6.45, 7) is 3.22. The van der Waals surface area contributed by atoms with Crippen LogP contribution in [0.4, 0.5) is 0 Å². The molecule has 0 aromatic heterocycles. The van der Waals surface area contributed by atoms with Crippen LogP contribution in [0.2, 0.25) is 0 Å². The van der Waals surface area contributed by atoms with Crippen molar-refractivity contribution in [1.29, 1.82) is 5.26 Å². The zero-order valence-electron chi connectivity index (χ0n) is 8.42. The van der Waals surface area contributed by atoms with E-state index in [-0.39, 0.29) is 5.78 Å². The van der Waals surface area contributed by atoms with Gasteiger partial charge in [-0.25, -0.2) is 0 Å². The van der Waals surface area contributed by atoms with Crippen molar-refractivity contribution in [3.63, 3.8) is 0 Å². The Labute approximate surface area is 82.9 Å². The minimum atomic E-state index is -0.151. The molecule has 0 heterocycles. The van der Waals surface area contributed by atoms with Crippen molar-refractivity contribution in [3.8, 4) is 11.8 Å². The number of methoxy groups -OCH3 is 1. The van der Waals surface area contributed by atoms with Crippen LogP contribution >= 0.6 is 0 Å². The van der Waals surface area contributed by atoms with Gasteiger partial charge < -0.3 is 4.74 Å². The summed E-state index contributed by atoms with van der Waals surface area (Å²) in [7, 11) is 1.48. The maximum atomic E-state index is 11.3. The highest BCUT2D eigenvalue weighted by Gasteiger charge is 2.15. The van der Waals surface area contributed by atoms with Crippen LogP contribution in [0.3, 0.4) is 0 Å². The molecule has 0 aliphatic rings. The molecule has 0 aliphatic carbocycles. The van der Waals surface area contributed by atoms with Crippen LogP contribution < -0.4 is 4.74 Å². The van der Waals surface area contributed by atoms with E-state index in [4.69, 9.17) is 10.00 Å². The molecule has 0 radical (unpaired) electrons. The van der Waals surface area contributed by atoms with Gasteiger partial charge in [-0.15, -0.1) is 0 Å². The number of rotatable bonds is 2. The Kier molecular flexibility index (Phi) is 2.88. The maximum Gasteiger partial charge on any atom is 0.164 e.